The second-order valence-electron chi connectivity index (χ2n) is 6.77. The zero-order valence-electron chi connectivity index (χ0n) is 13.3. The van der Waals surface area contributed by atoms with Crippen molar-refractivity contribution in [2.24, 2.45) is 0 Å². The van der Waals surface area contributed by atoms with Crippen molar-refractivity contribution in [3.63, 3.8) is 0 Å². The van der Waals surface area contributed by atoms with Crippen LogP contribution in [0.1, 0.15) is 45.4 Å². The van der Waals surface area contributed by atoms with Gasteiger partial charge in [-0.15, -0.1) is 0 Å². The first kappa shape index (κ1) is 16.2. The van der Waals surface area contributed by atoms with Crippen LogP contribution in [0.2, 0.25) is 0 Å². The predicted octanol–water partition coefficient (Wildman–Crippen LogP) is 0.972. The number of carbonyl (C=O) groups excluding carboxylic acids is 1. The summed E-state index contributed by atoms with van der Waals surface area (Å²) in [6, 6.07) is 0.220. The molecule has 1 spiro atoms. The molecule has 126 valence electrons. The predicted molar refractivity (Wildman–Crippen MR) is 82.9 cm³/mol. The van der Waals surface area contributed by atoms with Crippen molar-refractivity contribution < 1.29 is 17.9 Å². The fourth-order valence-electron chi connectivity index (χ4n) is 4.04. The van der Waals surface area contributed by atoms with E-state index in [-0.39, 0.29) is 23.3 Å². The molecule has 6 nitrogen and oxygen atoms in total. The van der Waals surface area contributed by atoms with E-state index in [9.17, 15) is 13.2 Å². The van der Waals surface area contributed by atoms with Crippen LogP contribution in [-0.2, 0) is 19.6 Å². The van der Waals surface area contributed by atoms with E-state index in [4.69, 9.17) is 4.74 Å². The van der Waals surface area contributed by atoms with Gasteiger partial charge in [-0.3, -0.25) is 4.79 Å². The lowest BCUT2D eigenvalue weighted by Crippen LogP contribution is -2.50. The van der Waals surface area contributed by atoms with Crippen LogP contribution in [0.15, 0.2) is 0 Å². The summed E-state index contributed by atoms with van der Waals surface area (Å²) in [6.07, 6.45) is 4.62. The molecule has 22 heavy (non-hydrogen) atoms. The third-order valence-corrected chi connectivity index (χ3v) is 7.18. The molecule has 0 aliphatic carbocycles. The van der Waals surface area contributed by atoms with E-state index >= 15 is 0 Å². The number of rotatable bonds is 4. The monoisotopic (exact) mass is 330 g/mol. The highest BCUT2D eigenvalue weighted by Gasteiger charge is 2.48. The molecule has 7 heteroatoms. The zero-order valence-corrected chi connectivity index (χ0v) is 14.1. The van der Waals surface area contributed by atoms with Crippen molar-refractivity contribution in [1.82, 2.24) is 9.21 Å². The lowest BCUT2D eigenvalue weighted by atomic mass is 9.89. The highest BCUT2D eigenvalue weighted by Crippen LogP contribution is 2.38. The zero-order chi connectivity index (χ0) is 15.8. The lowest BCUT2D eigenvalue weighted by molar-refractivity contribution is -0.137. The Hall–Kier alpha value is -0.660. The average molecular weight is 330 g/mol. The summed E-state index contributed by atoms with van der Waals surface area (Å²) in [5.74, 6) is 0.451. The third kappa shape index (κ3) is 3.03. The standard InChI is InChI=1S/C15H26N2O4S/c1-2-10-22(19,20)16-8-6-15(12-16)11-13(5-9-21-15)17-7-3-4-14(17)18/h13H,2-12H2,1H3/t13-,15-/m1/s1. The third-order valence-electron chi connectivity index (χ3n) is 5.15. The topological polar surface area (TPSA) is 66.9 Å². The fourth-order valence-corrected chi connectivity index (χ4v) is 5.62. The Bertz CT molecular complexity index is 536. The van der Waals surface area contributed by atoms with Crippen molar-refractivity contribution in [2.45, 2.75) is 57.1 Å². The van der Waals surface area contributed by atoms with E-state index < -0.39 is 10.0 Å². The molecule has 3 aliphatic heterocycles. The van der Waals surface area contributed by atoms with Gasteiger partial charge in [-0.1, -0.05) is 6.92 Å². The first-order chi connectivity index (χ1) is 10.5. The van der Waals surface area contributed by atoms with Crippen LogP contribution in [0.5, 0.6) is 0 Å². The van der Waals surface area contributed by atoms with Crippen LogP contribution in [0.25, 0.3) is 0 Å². The maximum atomic E-state index is 12.3. The second-order valence-corrected chi connectivity index (χ2v) is 8.86. The Morgan fingerprint density at radius 3 is 2.86 bits per heavy atom. The average Bonchev–Trinajstić information content (AvgIpc) is 3.06. The van der Waals surface area contributed by atoms with Crippen LogP contribution in [0, 0.1) is 0 Å². The summed E-state index contributed by atoms with van der Waals surface area (Å²) in [5.41, 5.74) is -0.382. The molecule has 3 fully saturated rings. The molecule has 3 heterocycles. The first-order valence-corrected chi connectivity index (χ1v) is 9.98. The largest absolute Gasteiger partial charge is 0.373 e. The van der Waals surface area contributed by atoms with E-state index in [2.05, 4.69) is 0 Å². The highest BCUT2D eigenvalue weighted by atomic mass is 32.2. The Morgan fingerprint density at radius 1 is 1.36 bits per heavy atom. The molecular weight excluding hydrogens is 304 g/mol. The van der Waals surface area contributed by atoms with Crippen molar-refractivity contribution in [1.29, 1.82) is 0 Å². The minimum Gasteiger partial charge on any atom is -0.373 e. The van der Waals surface area contributed by atoms with Gasteiger partial charge in [-0.05, 0) is 32.1 Å². The maximum absolute atomic E-state index is 12.3. The summed E-state index contributed by atoms with van der Waals surface area (Å²) in [6.45, 7) is 4.35. The maximum Gasteiger partial charge on any atom is 0.222 e. The summed E-state index contributed by atoms with van der Waals surface area (Å²) >= 11 is 0. The lowest BCUT2D eigenvalue weighted by Gasteiger charge is -2.41. The molecular formula is C15H26N2O4S. The van der Waals surface area contributed by atoms with Gasteiger partial charge in [0.05, 0.1) is 11.4 Å². The van der Waals surface area contributed by atoms with Gasteiger partial charge in [0.1, 0.15) is 0 Å². The number of carbonyl (C=O) groups is 1. The van der Waals surface area contributed by atoms with Crippen molar-refractivity contribution in [3.8, 4) is 0 Å². The van der Waals surface area contributed by atoms with Crippen LogP contribution in [-0.4, -0.2) is 67.2 Å². The van der Waals surface area contributed by atoms with Crippen molar-refractivity contribution in [2.75, 3.05) is 32.0 Å². The van der Waals surface area contributed by atoms with Crippen LogP contribution >= 0.6 is 0 Å². The molecule has 0 aromatic rings. The van der Waals surface area contributed by atoms with Gasteiger partial charge < -0.3 is 9.64 Å². The summed E-state index contributed by atoms with van der Waals surface area (Å²) < 4.78 is 32.1. The van der Waals surface area contributed by atoms with E-state index in [0.717, 1.165) is 32.2 Å². The summed E-state index contributed by atoms with van der Waals surface area (Å²) in [7, 11) is -3.16. The van der Waals surface area contributed by atoms with Gasteiger partial charge in [0.25, 0.3) is 0 Å². The van der Waals surface area contributed by atoms with Gasteiger partial charge in [0.15, 0.2) is 0 Å². The SMILES string of the molecule is CCCS(=O)(=O)N1CC[C@@]2(C[C@H](N3CCCC3=O)CCO2)C1. The summed E-state index contributed by atoms with van der Waals surface area (Å²) in [5, 5.41) is 0. The Balaban J connectivity index is 1.68. The highest BCUT2D eigenvalue weighted by molar-refractivity contribution is 7.89. The number of nitrogens with zero attached hydrogens (tertiary/aromatic N) is 2. The van der Waals surface area contributed by atoms with Gasteiger partial charge in [-0.2, -0.15) is 4.31 Å². The Kier molecular flexibility index (Phi) is 4.49. The van der Waals surface area contributed by atoms with Crippen molar-refractivity contribution >= 4 is 15.9 Å². The number of likely N-dealkylation sites (tertiary alicyclic amines) is 1. The molecule has 0 bridgehead atoms. The Labute approximate surface area is 132 Å². The van der Waals surface area contributed by atoms with Gasteiger partial charge in [0, 0.05) is 38.7 Å². The molecule has 0 unspecified atom stereocenters. The van der Waals surface area contributed by atoms with Crippen LogP contribution in [0.3, 0.4) is 0 Å². The van der Waals surface area contributed by atoms with Gasteiger partial charge >= 0.3 is 0 Å². The number of ether oxygens (including phenoxy) is 1. The van der Waals surface area contributed by atoms with Gasteiger partial charge in [0.2, 0.25) is 15.9 Å². The van der Waals surface area contributed by atoms with E-state index in [1.54, 1.807) is 4.31 Å². The molecule has 2 atom stereocenters. The number of hydrogen-bond donors (Lipinski definition) is 0. The molecule has 3 saturated heterocycles. The minimum atomic E-state index is -3.16. The molecule has 0 aromatic carbocycles. The molecule has 3 rings (SSSR count). The van der Waals surface area contributed by atoms with E-state index in [1.807, 2.05) is 11.8 Å². The number of amides is 1. The summed E-state index contributed by atoms with van der Waals surface area (Å²) in [4.78, 5) is 14.0. The second kappa shape index (κ2) is 6.09. The smallest absolute Gasteiger partial charge is 0.222 e. The number of sulfonamides is 1. The molecule has 0 saturated carbocycles. The Morgan fingerprint density at radius 2 is 2.18 bits per heavy atom. The van der Waals surface area contributed by atoms with E-state index in [0.29, 0.717) is 32.5 Å². The molecule has 0 N–H and O–H groups in total. The molecule has 3 aliphatic rings. The van der Waals surface area contributed by atoms with E-state index in [1.165, 1.54) is 0 Å². The van der Waals surface area contributed by atoms with Gasteiger partial charge in [-0.25, -0.2) is 8.42 Å². The van der Waals surface area contributed by atoms with Crippen LogP contribution < -0.4 is 0 Å². The first-order valence-electron chi connectivity index (χ1n) is 8.37. The van der Waals surface area contributed by atoms with Crippen LogP contribution in [0.4, 0.5) is 0 Å². The minimum absolute atomic E-state index is 0.205. The normalized spacial score (nSPS) is 34.0. The quantitative estimate of drug-likeness (QED) is 0.770. The molecule has 0 radical (unpaired) electrons. The fraction of sp³-hybridized carbons (Fsp3) is 0.933. The molecule has 1 amide bonds. The molecule has 0 aromatic heterocycles. The van der Waals surface area contributed by atoms with Crippen molar-refractivity contribution in [3.05, 3.63) is 0 Å². The number of hydrogen-bond acceptors (Lipinski definition) is 4.